The molecular weight excluding hydrogens is 527 g/mol. The third-order valence-electron chi connectivity index (χ3n) is 6.99. The van der Waals surface area contributed by atoms with Crippen molar-refractivity contribution >= 4 is 5.97 Å². The molecule has 0 bridgehead atoms. The molecule has 9 nitrogen and oxygen atoms in total. The van der Waals surface area contributed by atoms with Crippen LogP contribution in [0.25, 0.3) is 28.5 Å². The molecule has 12 heteroatoms. The zero-order valence-electron chi connectivity index (χ0n) is 21.7. The second-order valence-electron chi connectivity index (χ2n) is 10.1. The Morgan fingerprint density at radius 3 is 2.67 bits per heavy atom. The van der Waals surface area contributed by atoms with E-state index in [2.05, 4.69) is 20.1 Å². The predicted molar refractivity (Wildman–Crippen MR) is 138 cm³/mol. The van der Waals surface area contributed by atoms with Crippen LogP contribution in [-0.2, 0) is 11.0 Å². The number of likely N-dealkylation sites (tertiary alicyclic amines) is 1. The highest BCUT2D eigenvalue weighted by molar-refractivity contribution is 5.67. The maximum Gasteiger partial charge on any atom is 0.434 e. The van der Waals surface area contributed by atoms with Gasteiger partial charge in [-0.2, -0.15) is 23.3 Å². The summed E-state index contributed by atoms with van der Waals surface area (Å²) in [5, 5.41) is 27.6. The molecule has 40 heavy (non-hydrogen) atoms. The number of alkyl halides is 3. The summed E-state index contributed by atoms with van der Waals surface area (Å²) in [5.41, 5.74) is 0.846. The number of rotatable bonds is 8. The molecule has 1 fully saturated rings. The fourth-order valence-electron chi connectivity index (χ4n) is 5.12. The number of hydrogen-bond acceptors (Lipinski definition) is 7. The molecule has 1 saturated heterocycles. The number of carbonyl (C=O) groups is 1. The van der Waals surface area contributed by atoms with E-state index >= 15 is 0 Å². The van der Waals surface area contributed by atoms with Crippen LogP contribution in [0.5, 0.6) is 0 Å². The highest BCUT2D eigenvalue weighted by Gasteiger charge is 2.40. The van der Waals surface area contributed by atoms with Gasteiger partial charge in [-0.25, -0.2) is 4.68 Å². The highest BCUT2D eigenvalue weighted by Crippen LogP contribution is 2.38. The summed E-state index contributed by atoms with van der Waals surface area (Å²) in [4.78, 5) is 17.3. The lowest BCUT2D eigenvalue weighted by Gasteiger charge is -2.33. The number of aryl methyl sites for hydroxylation is 1. The molecule has 2 N–H and O–H groups in total. The van der Waals surface area contributed by atoms with Crippen molar-refractivity contribution < 1.29 is 32.7 Å². The number of carboxylic acids is 1. The van der Waals surface area contributed by atoms with E-state index in [0.29, 0.717) is 24.2 Å². The maximum absolute atomic E-state index is 14.1. The molecule has 1 aliphatic heterocycles. The Morgan fingerprint density at radius 2 is 1.98 bits per heavy atom. The van der Waals surface area contributed by atoms with E-state index in [-0.39, 0.29) is 35.3 Å². The minimum absolute atomic E-state index is 0.0649. The lowest BCUT2D eigenvalue weighted by Crippen LogP contribution is -2.38. The molecular formula is C28H28F3N5O4. The topological polar surface area (TPSA) is 118 Å². The molecule has 0 radical (unpaired) electrons. The molecule has 5 rings (SSSR count). The molecule has 2 aromatic carbocycles. The monoisotopic (exact) mass is 555 g/mol. The molecule has 4 aromatic rings. The van der Waals surface area contributed by atoms with Gasteiger partial charge in [0, 0.05) is 25.1 Å². The number of aliphatic hydroxyl groups excluding tert-OH is 1. The normalized spacial score (nSPS) is 17.2. The van der Waals surface area contributed by atoms with Crippen LogP contribution >= 0.6 is 0 Å². The highest BCUT2D eigenvalue weighted by atomic mass is 19.4. The van der Waals surface area contributed by atoms with E-state index in [1.54, 1.807) is 49.4 Å². The number of aliphatic carboxylic acids is 1. The van der Waals surface area contributed by atoms with Crippen molar-refractivity contribution in [2.24, 2.45) is 5.92 Å². The van der Waals surface area contributed by atoms with E-state index in [0.717, 1.165) is 35.8 Å². The van der Waals surface area contributed by atoms with Crippen molar-refractivity contribution in [2.45, 2.75) is 38.5 Å². The average Bonchev–Trinajstić information content (AvgIpc) is 3.56. The number of aliphatic hydroxyl groups is 1. The number of piperidine rings is 1. The summed E-state index contributed by atoms with van der Waals surface area (Å²) in [6, 6.07) is 13.3. The molecule has 0 spiro atoms. The Balaban J connectivity index is 1.32. The van der Waals surface area contributed by atoms with Crippen LogP contribution in [0.4, 0.5) is 13.2 Å². The van der Waals surface area contributed by atoms with Crippen LogP contribution in [0, 0.1) is 12.8 Å². The Hall–Kier alpha value is -4.03. The van der Waals surface area contributed by atoms with Crippen molar-refractivity contribution in [1.82, 2.24) is 24.8 Å². The first-order valence-electron chi connectivity index (χ1n) is 12.9. The number of nitrogens with zero attached hydrogens (tertiary/aromatic N) is 5. The average molecular weight is 556 g/mol. The number of β-amino-alcohol motifs (C(OH)–C–C–N with tert-alkyl or cyclic N) is 1. The van der Waals surface area contributed by atoms with E-state index in [9.17, 15) is 23.1 Å². The van der Waals surface area contributed by atoms with Gasteiger partial charge in [0.1, 0.15) is 0 Å². The first-order valence-corrected chi connectivity index (χ1v) is 12.9. The van der Waals surface area contributed by atoms with Crippen molar-refractivity contribution in [3.8, 4) is 28.5 Å². The van der Waals surface area contributed by atoms with Gasteiger partial charge in [0.15, 0.2) is 5.69 Å². The molecule has 2 atom stereocenters. The van der Waals surface area contributed by atoms with Crippen LogP contribution < -0.4 is 0 Å². The van der Waals surface area contributed by atoms with Crippen LogP contribution in [0.1, 0.15) is 42.2 Å². The SMILES string of the molecule is Cc1cccc(-n2ncc(-c3nc(-c4ccc(C(O)CN5CCCC(CC(=O)O)C5)cc4)no3)c2C(F)(F)F)c1. The molecule has 0 aliphatic carbocycles. The number of hydrogen-bond donors (Lipinski definition) is 2. The van der Waals surface area contributed by atoms with Gasteiger partial charge in [0.05, 0.1) is 23.6 Å². The van der Waals surface area contributed by atoms with Crippen molar-refractivity contribution in [1.29, 1.82) is 0 Å². The summed E-state index contributed by atoms with van der Waals surface area (Å²) in [6.07, 6.45) is -2.61. The third-order valence-corrected chi connectivity index (χ3v) is 6.99. The van der Waals surface area contributed by atoms with Crippen LogP contribution in [0.15, 0.2) is 59.3 Å². The Labute approximate surface area is 227 Å². The van der Waals surface area contributed by atoms with Gasteiger partial charge in [-0.3, -0.25) is 4.79 Å². The fourth-order valence-corrected chi connectivity index (χ4v) is 5.12. The van der Waals surface area contributed by atoms with Gasteiger partial charge >= 0.3 is 12.1 Å². The summed E-state index contributed by atoms with van der Waals surface area (Å²) in [5.74, 6) is -0.969. The number of carboxylic acid groups (broad SMARTS) is 1. The largest absolute Gasteiger partial charge is 0.481 e. The van der Waals surface area contributed by atoms with Gasteiger partial charge in [-0.05, 0) is 55.5 Å². The summed E-state index contributed by atoms with van der Waals surface area (Å²) < 4.78 is 48.3. The van der Waals surface area contributed by atoms with E-state index in [1.807, 2.05) is 0 Å². The van der Waals surface area contributed by atoms with E-state index < -0.39 is 23.9 Å². The number of benzene rings is 2. The molecule has 210 valence electrons. The zero-order valence-corrected chi connectivity index (χ0v) is 21.7. The summed E-state index contributed by atoms with van der Waals surface area (Å²) in [7, 11) is 0. The van der Waals surface area contributed by atoms with Gasteiger partial charge < -0.3 is 19.6 Å². The third kappa shape index (κ3) is 6.07. The molecule has 2 aromatic heterocycles. The molecule has 0 saturated carbocycles. The van der Waals surface area contributed by atoms with E-state index in [1.165, 1.54) is 6.07 Å². The Morgan fingerprint density at radius 1 is 1.20 bits per heavy atom. The Kier molecular flexibility index (Phi) is 7.72. The quantitative estimate of drug-likeness (QED) is 0.307. The van der Waals surface area contributed by atoms with Gasteiger partial charge in [-0.15, -0.1) is 0 Å². The second kappa shape index (κ2) is 11.2. The van der Waals surface area contributed by atoms with Crippen molar-refractivity contribution in [3.63, 3.8) is 0 Å². The minimum atomic E-state index is -4.73. The van der Waals surface area contributed by atoms with Gasteiger partial charge in [-0.1, -0.05) is 41.6 Å². The predicted octanol–water partition coefficient (Wildman–Crippen LogP) is 5.14. The van der Waals surface area contributed by atoms with E-state index in [4.69, 9.17) is 9.63 Å². The Bertz CT molecular complexity index is 1480. The fraction of sp³-hybridized carbons (Fsp3) is 0.357. The van der Waals surface area contributed by atoms with Crippen LogP contribution in [-0.4, -0.2) is 60.6 Å². The molecule has 2 unspecified atom stereocenters. The summed E-state index contributed by atoms with van der Waals surface area (Å²) in [6.45, 7) is 3.55. The zero-order chi connectivity index (χ0) is 28.4. The smallest absolute Gasteiger partial charge is 0.434 e. The lowest BCUT2D eigenvalue weighted by molar-refractivity contribution is -0.142. The van der Waals surface area contributed by atoms with Gasteiger partial charge in [0.2, 0.25) is 5.82 Å². The second-order valence-corrected chi connectivity index (χ2v) is 10.1. The van der Waals surface area contributed by atoms with Crippen LogP contribution in [0.3, 0.4) is 0 Å². The molecule has 3 heterocycles. The minimum Gasteiger partial charge on any atom is -0.481 e. The molecule has 1 aliphatic rings. The van der Waals surface area contributed by atoms with Gasteiger partial charge in [0.25, 0.3) is 5.89 Å². The van der Waals surface area contributed by atoms with Crippen molar-refractivity contribution in [2.75, 3.05) is 19.6 Å². The number of halogens is 3. The summed E-state index contributed by atoms with van der Waals surface area (Å²) >= 11 is 0. The number of aromatic nitrogens is 4. The first kappa shape index (κ1) is 27.5. The van der Waals surface area contributed by atoms with Crippen molar-refractivity contribution in [3.05, 3.63) is 71.5 Å². The molecule has 0 amide bonds. The first-order chi connectivity index (χ1) is 19.1. The standard InChI is InChI=1S/C28H28F3N5O4/c1-17-4-2-6-21(12-17)36-25(28(29,30)31)22(14-32-36)27-33-26(34-40-27)20-9-7-19(8-10-20)23(37)16-35-11-3-5-18(15-35)13-24(38)39/h2,4,6-10,12,14,18,23,37H,3,5,11,13,15-16H2,1H3,(H,38,39). The maximum atomic E-state index is 14.1. The lowest BCUT2D eigenvalue weighted by atomic mass is 9.94. The van der Waals surface area contributed by atoms with Crippen LogP contribution in [0.2, 0.25) is 0 Å².